The Hall–Kier alpha value is 0.340. The molecule has 0 aliphatic carbocycles. The third-order valence-corrected chi connectivity index (χ3v) is 3.81. The molecule has 0 spiro atoms. The van der Waals surface area contributed by atoms with Gasteiger partial charge in [0.25, 0.3) is 0 Å². The van der Waals surface area contributed by atoms with Gasteiger partial charge in [-0.3, -0.25) is 9.59 Å². The highest BCUT2D eigenvalue weighted by atomic mass is 33.1. The maximum atomic E-state index is 9.29. The number of carboxylic acids is 2. The van der Waals surface area contributed by atoms with Crippen molar-refractivity contribution in [2.24, 2.45) is 0 Å². The van der Waals surface area contributed by atoms with Crippen LogP contribution in [0.4, 0.5) is 0 Å². The van der Waals surface area contributed by atoms with Crippen LogP contribution in [0.15, 0.2) is 0 Å². The van der Waals surface area contributed by atoms with Crippen molar-refractivity contribution in [1.29, 1.82) is 0 Å². The molecule has 0 amide bonds. The Labute approximate surface area is 101 Å². The Morgan fingerprint density at radius 2 is 1.14 bits per heavy atom. The predicted octanol–water partition coefficient (Wildman–Crippen LogP) is 1.38. The number of carbonyl (C=O) groups is 2. The summed E-state index contributed by atoms with van der Waals surface area (Å²) < 4.78 is 0. The maximum absolute atomic E-state index is 9.29. The second-order valence-corrected chi connectivity index (χ2v) is 5.08. The largest absolute Gasteiger partial charge is 0.481 e. The lowest BCUT2D eigenvalue weighted by Gasteiger charge is -2.04. The molecule has 1 rings (SSSR count). The average Bonchev–Trinajstić information content (AvgIpc) is 2.02. The Bertz CT molecular complexity index is 142. The highest BCUT2D eigenvalue weighted by Gasteiger charge is 1.96. The summed E-state index contributed by atoms with van der Waals surface area (Å²) in [5.41, 5.74) is 0. The van der Waals surface area contributed by atoms with Crippen molar-refractivity contribution in [2.75, 3.05) is 23.0 Å². The molecule has 1 aliphatic rings. The molecule has 1 fully saturated rings. The van der Waals surface area contributed by atoms with E-state index in [9.17, 15) is 9.59 Å². The van der Waals surface area contributed by atoms with Crippen LogP contribution in [0.25, 0.3) is 0 Å². The molecule has 14 heavy (non-hydrogen) atoms. The molecular formula is C6H12O4S4. The zero-order valence-electron chi connectivity index (χ0n) is 7.25. The van der Waals surface area contributed by atoms with Gasteiger partial charge in [0, 0.05) is 11.5 Å². The summed E-state index contributed by atoms with van der Waals surface area (Å²) in [7, 11) is 3.91. The van der Waals surface area contributed by atoms with Crippen LogP contribution < -0.4 is 0 Å². The number of rotatable bonds is 2. The minimum atomic E-state index is -0.881. The first kappa shape index (κ1) is 16.8. The van der Waals surface area contributed by atoms with Gasteiger partial charge in [0.2, 0.25) is 0 Å². The van der Waals surface area contributed by atoms with Gasteiger partial charge in [-0.15, -0.1) is 0 Å². The van der Waals surface area contributed by atoms with E-state index in [1.807, 2.05) is 21.6 Å². The fraction of sp³-hybridized carbons (Fsp3) is 0.667. The first-order valence-electron chi connectivity index (χ1n) is 3.44. The number of hydrogen-bond donors (Lipinski definition) is 4. The summed E-state index contributed by atoms with van der Waals surface area (Å²) in [5, 5.41) is 15.3. The Balaban J connectivity index is 0. The van der Waals surface area contributed by atoms with E-state index in [0.717, 1.165) is 0 Å². The van der Waals surface area contributed by atoms with E-state index in [1.54, 1.807) is 0 Å². The van der Waals surface area contributed by atoms with Crippen molar-refractivity contribution in [3.05, 3.63) is 0 Å². The molecule has 2 N–H and O–H groups in total. The zero-order chi connectivity index (χ0) is 11.4. The summed E-state index contributed by atoms with van der Waals surface area (Å²) >= 11 is 6.83. The molecule has 8 heteroatoms. The highest BCUT2D eigenvalue weighted by Crippen LogP contribution is 2.31. The minimum absolute atomic E-state index is 0.0833. The molecule has 0 saturated carbocycles. The molecule has 0 radical (unpaired) electrons. The molecule has 1 saturated heterocycles. The van der Waals surface area contributed by atoms with E-state index >= 15 is 0 Å². The van der Waals surface area contributed by atoms with Gasteiger partial charge in [0.15, 0.2) is 0 Å². The van der Waals surface area contributed by atoms with Crippen molar-refractivity contribution in [2.45, 2.75) is 0 Å². The van der Waals surface area contributed by atoms with E-state index in [4.69, 9.17) is 10.2 Å². The van der Waals surface area contributed by atoms with Crippen molar-refractivity contribution in [1.82, 2.24) is 0 Å². The van der Waals surface area contributed by atoms with Crippen molar-refractivity contribution in [3.8, 4) is 0 Å². The van der Waals surface area contributed by atoms with Gasteiger partial charge in [-0.2, -0.15) is 25.3 Å². The maximum Gasteiger partial charge on any atom is 0.313 e. The molecule has 0 atom stereocenters. The van der Waals surface area contributed by atoms with Gasteiger partial charge in [-0.1, -0.05) is 21.6 Å². The van der Waals surface area contributed by atoms with Gasteiger partial charge in [0.1, 0.15) is 0 Å². The fourth-order valence-electron chi connectivity index (χ4n) is 0.0833. The third-order valence-electron chi connectivity index (χ3n) is 0.604. The van der Waals surface area contributed by atoms with Gasteiger partial charge in [0.05, 0.1) is 11.5 Å². The van der Waals surface area contributed by atoms with Crippen LogP contribution in [-0.2, 0) is 9.59 Å². The van der Waals surface area contributed by atoms with Crippen LogP contribution >= 0.6 is 46.8 Å². The van der Waals surface area contributed by atoms with Crippen molar-refractivity contribution < 1.29 is 19.8 Å². The zero-order valence-corrected chi connectivity index (χ0v) is 10.7. The van der Waals surface area contributed by atoms with Crippen LogP contribution in [0.3, 0.4) is 0 Å². The highest BCUT2D eigenvalue weighted by molar-refractivity contribution is 8.79. The van der Waals surface area contributed by atoms with Gasteiger partial charge >= 0.3 is 11.9 Å². The molecular weight excluding hydrogens is 264 g/mol. The van der Waals surface area contributed by atoms with Gasteiger partial charge in [-0.05, 0) is 0 Å². The SMILES string of the molecule is C1CSS1.O=C(O)CS.O=C(O)CS. The topological polar surface area (TPSA) is 74.6 Å². The number of thiol groups is 2. The first-order valence-corrected chi connectivity index (χ1v) is 7.19. The van der Waals surface area contributed by atoms with Crippen LogP contribution in [-0.4, -0.2) is 45.2 Å². The predicted molar refractivity (Wildman–Crippen MR) is 67.9 cm³/mol. The molecule has 4 nitrogen and oxygen atoms in total. The minimum Gasteiger partial charge on any atom is -0.481 e. The lowest BCUT2D eigenvalue weighted by molar-refractivity contribution is -0.134. The third kappa shape index (κ3) is 22.8. The Morgan fingerprint density at radius 1 is 1.00 bits per heavy atom. The first-order chi connectivity index (χ1) is 6.54. The molecule has 1 heterocycles. The quantitative estimate of drug-likeness (QED) is 0.451. The van der Waals surface area contributed by atoms with Crippen molar-refractivity contribution >= 4 is 58.8 Å². The monoisotopic (exact) mass is 276 g/mol. The normalized spacial score (nSPS) is 12.1. The van der Waals surface area contributed by atoms with Gasteiger partial charge < -0.3 is 10.2 Å². The fourth-order valence-corrected chi connectivity index (χ4v) is 0.750. The van der Waals surface area contributed by atoms with Crippen molar-refractivity contribution in [3.63, 3.8) is 0 Å². The smallest absolute Gasteiger partial charge is 0.313 e. The average molecular weight is 276 g/mol. The number of aliphatic carboxylic acids is 2. The van der Waals surface area contributed by atoms with E-state index in [1.165, 1.54) is 11.5 Å². The molecule has 0 aromatic heterocycles. The van der Waals surface area contributed by atoms with E-state index in [-0.39, 0.29) is 11.5 Å². The lowest BCUT2D eigenvalue weighted by Crippen LogP contribution is -1.92. The summed E-state index contributed by atoms with van der Waals surface area (Å²) in [6, 6.07) is 0. The molecule has 84 valence electrons. The molecule has 0 aromatic carbocycles. The summed E-state index contributed by atoms with van der Waals surface area (Å²) in [6.45, 7) is 0. The van der Waals surface area contributed by atoms with Crippen LogP contribution in [0, 0.1) is 0 Å². The number of carboxylic acid groups (broad SMARTS) is 2. The second kappa shape index (κ2) is 13.3. The Morgan fingerprint density at radius 3 is 1.14 bits per heavy atom. The van der Waals surface area contributed by atoms with Crippen LogP contribution in [0.1, 0.15) is 0 Å². The standard InChI is InChI=1S/2C2H4O2S.C2H4S2/c2*3-2(4)1-5;1-2-4-3-1/h2*5H,1H2,(H,3,4);1-2H2. The Kier molecular flexibility index (Phi) is 16.0. The summed E-state index contributed by atoms with van der Waals surface area (Å²) in [6.07, 6.45) is 0. The van der Waals surface area contributed by atoms with Gasteiger partial charge in [-0.25, -0.2) is 0 Å². The molecule has 0 aromatic rings. The number of hydrogen-bond acceptors (Lipinski definition) is 6. The van der Waals surface area contributed by atoms with E-state index in [0.29, 0.717) is 0 Å². The molecule has 0 bridgehead atoms. The lowest BCUT2D eigenvalue weighted by atomic mass is 10.8. The molecule has 1 aliphatic heterocycles. The molecule has 0 unspecified atom stereocenters. The van der Waals surface area contributed by atoms with E-state index in [2.05, 4.69) is 25.3 Å². The van der Waals surface area contributed by atoms with Crippen LogP contribution in [0.2, 0.25) is 0 Å². The second-order valence-electron chi connectivity index (χ2n) is 1.75. The summed E-state index contributed by atoms with van der Waals surface area (Å²) in [5.74, 6) is 0.830. The summed E-state index contributed by atoms with van der Waals surface area (Å²) in [4.78, 5) is 18.6. The van der Waals surface area contributed by atoms with Crippen LogP contribution in [0.5, 0.6) is 0 Å². The van der Waals surface area contributed by atoms with E-state index < -0.39 is 11.9 Å².